The molecule has 0 aromatic rings. The van der Waals surface area contributed by atoms with E-state index in [-0.39, 0.29) is 6.03 Å². The molecule has 2 aliphatic rings. The molecule has 0 radical (unpaired) electrons. The molecule has 0 aromatic heterocycles. The molecule has 0 aromatic carbocycles. The van der Waals surface area contributed by atoms with E-state index >= 15 is 0 Å². The van der Waals surface area contributed by atoms with Crippen LogP contribution in [0.1, 0.15) is 32.1 Å². The van der Waals surface area contributed by atoms with Crippen LogP contribution in [0.2, 0.25) is 0 Å². The number of urea groups is 1. The fraction of sp³-hybridized carbons (Fsp3) is 0.900. The summed E-state index contributed by atoms with van der Waals surface area (Å²) < 4.78 is 0. The Morgan fingerprint density at radius 3 is 2.93 bits per heavy atom. The van der Waals surface area contributed by atoms with Crippen LogP contribution < -0.4 is 11.1 Å². The largest absolute Gasteiger partial charge is 0.338 e. The minimum absolute atomic E-state index is 0.107. The fourth-order valence-electron chi connectivity index (χ4n) is 2.48. The maximum atomic E-state index is 11.6. The lowest BCUT2D eigenvalue weighted by atomic mass is 9.90. The molecule has 2 unspecified atom stereocenters. The van der Waals surface area contributed by atoms with Crippen LogP contribution in [-0.4, -0.2) is 36.1 Å². The van der Waals surface area contributed by atoms with Gasteiger partial charge in [-0.2, -0.15) is 0 Å². The van der Waals surface area contributed by atoms with Crippen molar-refractivity contribution in [3.63, 3.8) is 0 Å². The van der Waals surface area contributed by atoms with Gasteiger partial charge in [0.1, 0.15) is 0 Å². The molecule has 1 heterocycles. The third-order valence-electron chi connectivity index (χ3n) is 3.24. The summed E-state index contributed by atoms with van der Waals surface area (Å²) in [7, 11) is 0. The monoisotopic (exact) mass is 197 g/mol. The van der Waals surface area contributed by atoms with Gasteiger partial charge in [0.2, 0.25) is 0 Å². The minimum Gasteiger partial charge on any atom is -0.338 e. The van der Waals surface area contributed by atoms with Gasteiger partial charge in [-0.25, -0.2) is 4.79 Å². The molecule has 1 aliphatic heterocycles. The predicted molar refractivity (Wildman–Crippen MR) is 55.0 cm³/mol. The molecule has 1 aliphatic carbocycles. The molecule has 3 N–H and O–H groups in total. The highest BCUT2D eigenvalue weighted by atomic mass is 16.2. The average Bonchev–Trinajstić information content (AvgIpc) is 2.18. The Morgan fingerprint density at radius 2 is 2.21 bits per heavy atom. The lowest BCUT2D eigenvalue weighted by molar-refractivity contribution is 0.138. The zero-order valence-corrected chi connectivity index (χ0v) is 8.54. The molecule has 2 atom stereocenters. The van der Waals surface area contributed by atoms with E-state index in [0.717, 1.165) is 45.2 Å². The Morgan fingerprint density at radius 1 is 1.36 bits per heavy atom. The van der Waals surface area contributed by atoms with Crippen LogP contribution >= 0.6 is 0 Å². The fourth-order valence-corrected chi connectivity index (χ4v) is 2.48. The first-order valence-electron chi connectivity index (χ1n) is 5.57. The molecule has 80 valence electrons. The third kappa shape index (κ3) is 2.00. The van der Waals surface area contributed by atoms with Crippen molar-refractivity contribution < 1.29 is 4.79 Å². The van der Waals surface area contributed by atoms with Crippen molar-refractivity contribution in [2.75, 3.05) is 13.1 Å². The summed E-state index contributed by atoms with van der Waals surface area (Å²) in [5.74, 6) is 0. The summed E-state index contributed by atoms with van der Waals surface area (Å²) >= 11 is 0. The lowest BCUT2D eigenvalue weighted by Crippen LogP contribution is -2.53. The standard InChI is InChI=1S/C10H19N3O/c11-8-3-1-4-9(7-8)13-6-2-5-12-10(13)14/h8-9H,1-7,11H2,(H,12,14). The zero-order valence-electron chi connectivity index (χ0n) is 8.54. The average molecular weight is 197 g/mol. The molecule has 0 bridgehead atoms. The van der Waals surface area contributed by atoms with Gasteiger partial charge in [-0.05, 0) is 32.1 Å². The Labute approximate surface area is 84.8 Å². The number of nitrogens with one attached hydrogen (secondary N) is 1. The summed E-state index contributed by atoms with van der Waals surface area (Å²) in [4.78, 5) is 13.5. The summed E-state index contributed by atoms with van der Waals surface area (Å²) in [6, 6.07) is 0.790. The lowest BCUT2D eigenvalue weighted by Gasteiger charge is -2.38. The van der Waals surface area contributed by atoms with Crippen LogP contribution in [0.5, 0.6) is 0 Å². The van der Waals surface area contributed by atoms with Crippen LogP contribution in [0, 0.1) is 0 Å². The summed E-state index contributed by atoms with van der Waals surface area (Å²) in [6.45, 7) is 1.73. The van der Waals surface area contributed by atoms with Gasteiger partial charge in [0.05, 0.1) is 0 Å². The molecule has 2 amide bonds. The van der Waals surface area contributed by atoms with Crippen molar-refractivity contribution in [2.24, 2.45) is 5.73 Å². The molecule has 1 saturated carbocycles. The van der Waals surface area contributed by atoms with Crippen molar-refractivity contribution in [1.82, 2.24) is 10.2 Å². The van der Waals surface area contributed by atoms with Gasteiger partial charge >= 0.3 is 6.03 Å². The van der Waals surface area contributed by atoms with E-state index < -0.39 is 0 Å². The van der Waals surface area contributed by atoms with E-state index in [1.165, 1.54) is 0 Å². The molecule has 4 nitrogen and oxygen atoms in total. The predicted octanol–water partition coefficient (Wildman–Crippen LogP) is 0.672. The van der Waals surface area contributed by atoms with E-state index in [9.17, 15) is 4.79 Å². The number of carbonyl (C=O) groups excluding carboxylic acids is 1. The highest BCUT2D eigenvalue weighted by Gasteiger charge is 2.29. The SMILES string of the molecule is NC1CCCC(N2CCCNC2=O)C1. The van der Waals surface area contributed by atoms with Crippen molar-refractivity contribution in [3.05, 3.63) is 0 Å². The number of nitrogens with two attached hydrogens (primary N) is 1. The van der Waals surface area contributed by atoms with Crippen LogP contribution in [0.25, 0.3) is 0 Å². The molecular formula is C10H19N3O. The van der Waals surface area contributed by atoms with Crippen LogP contribution in [0.4, 0.5) is 4.79 Å². The Kier molecular flexibility index (Phi) is 2.91. The van der Waals surface area contributed by atoms with Gasteiger partial charge in [0.25, 0.3) is 0 Å². The van der Waals surface area contributed by atoms with E-state index in [0.29, 0.717) is 12.1 Å². The van der Waals surface area contributed by atoms with E-state index in [1.54, 1.807) is 0 Å². The van der Waals surface area contributed by atoms with Gasteiger partial charge in [-0.3, -0.25) is 0 Å². The summed E-state index contributed by atoms with van der Waals surface area (Å²) in [5.41, 5.74) is 5.92. The maximum Gasteiger partial charge on any atom is 0.317 e. The minimum atomic E-state index is 0.107. The molecule has 2 fully saturated rings. The van der Waals surface area contributed by atoms with Crippen molar-refractivity contribution in [2.45, 2.75) is 44.2 Å². The number of hydrogen-bond donors (Lipinski definition) is 2. The van der Waals surface area contributed by atoms with Gasteiger partial charge in [0.15, 0.2) is 0 Å². The van der Waals surface area contributed by atoms with Gasteiger partial charge in [-0.15, -0.1) is 0 Å². The van der Waals surface area contributed by atoms with Crippen LogP contribution in [-0.2, 0) is 0 Å². The topological polar surface area (TPSA) is 58.4 Å². The first kappa shape index (κ1) is 9.77. The first-order chi connectivity index (χ1) is 6.77. The molecule has 2 rings (SSSR count). The van der Waals surface area contributed by atoms with Gasteiger partial charge < -0.3 is 16.0 Å². The molecule has 4 heteroatoms. The van der Waals surface area contributed by atoms with Crippen molar-refractivity contribution >= 4 is 6.03 Å². The maximum absolute atomic E-state index is 11.6. The second-order valence-corrected chi connectivity index (χ2v) is 4.36. The van der Waals surface area contributed by atoms with Gasteiger partial charge in [0, 0.05) is 25.2 Å². The smallest absolute Gasteiger partial charge is 0.317 e. The van der Waals surface area contributed by atoms with Crippen molar-refractivity contribution in [3.8, 4) is 0 Å². The van der Waals surface area contributed by atoms with Gasteiger partial charge in [-0.1, -0.05) is 0 Å². The molecule has 14 heavy (non-hydrogen) atoms. The Balaban J connectivity index is 1.94. The van der Waals surface area contributed by atoms with E-state index in [1.807, 2.05) is 4.90 Å². The quantitative estimate of drug-likeness (QED) is 0.649. The first-order valence-corrected chi connectivity index (χ1v) is 5.57. The second-order valence-electron chi connectivity index (χ2n) is 4.36. The number of hydrogen-bond acceptors (Lipinski definition) is 2. The Bertz CT molecular complexity index is 219. The zero-order chi connectivity index (χ0) is 9.97. The number of amides is 2. The highest BCUT2D eigenvalue weighted by Crippen LogP contribution is 2.23. The summed E-state index contributed by atoms with van der Waals surface area (Å²) in [6.07, 6.45) is 5.45. The highest BCUT2D eigenvalue weighted by molar-refractivity contribution is 5.75. The van der Waals surface area contributed by atoms with E-state index in [2.05, 4.69) is 5.32 Å². The summed E-state index contributed by atoms with van der Waals surface area (Å²) in [5, 5.41) is 2.89. The van der Waals surface area contributed by atoms with Crippen molar-refractivity contribution in [1.29, 1.82) is 0 Å². The Hall–Kier alpha value is -0.770. The number of rotatable bonds is 1. The second kappa shape index (κ2) is 4.17. The van der Waals surface area contributed by atoms with Crippen LogP contribution in [0.15, 0.2) is 0 Å². The van der Waals surface area contributed by atoms with E-state index in [4.69, 9.17) is 5.73 Å². The number of carbonyl (C=O) groups is 1. The molecule has 0 spiro atoms. The normalized spacial score (nSPS) is 34.1. The molecule has 1 saturated heterocycles. The number of nitrogens with zero attached hydrogens (tertiary/aromatic N) is 1. The molecular weight excluding hydrogens is 178 g/mol. The van der Waals surface area contributed by atoms with Crippen LogP contribution in [0.3, 0.4) is 0 Å². The third-order valence-corrected chi connectivity index (χ3v) is 3.24.